The molecule has 0 aromatic heterocycles. The summed E-state index contributed by atoms with van der Waals surface area (Å²) in [4.78, 5) is 0. The normalized spacial score (nSPS) is 6.00. The SMILES string of the molecule is NCCN.[Fe]. The van der Waals surface area contributed by atoms with Crippen molar-refractivity contribution in [3.8, 4) is 0 Å². The summed E-state index contributed by atoms with van der Waals surface area (Å²) in [6, 6.07) is 0. The molecule has 0 aliphatic carbocycles. The fourth-order valence-corrected chi connectivity index (χ4v) is 0. The van der Waals surface area contributed by atoms with Gasteiger partial charge in [-0.05, 0) is 0 Å². The van der Waals surface area contributed by atoms with Crippen molar-refractivity contribution in [2.24, 2.45) is 11.5 Å². The second kappa shape index (κ2) is 8.83. The van der Waals surface area contributed by atoms with E-state index in [0.717, 1.165) is 0 Å². The zero-order valence-electron chi connectivity index (χ0n) is 2.92. The second-order valence-electron chi connectivity index (χ2n) is 0.577. The van der Waals surface area contributed by atoms with E-state index < -0.39 is 0 Å². The first-order valence-electron chi connectivity index (χ1n) is 1.32. The molecule has 0 radical (unpaired) electrons. The van der Waals surface area contributed by atoms with Gasteiger partial charge in [-0.2, -0.15) is 0 Å². The van der Waals surface area contributed by atoms with Gasteiger partial charge >= 0.3 is 0 Å². The van der Waals surface area contributed by atoms with Crippen molar-refractivity contribution >= 4 is 0 Å². The Morgan fingerprint density at radius 1 is 1.00 bits per heavy atom. The van der Waals surface area contributed by atoms with E-state index in [4.69, 9.17) is 11.5 Å². The molecule has 0 heterocycles. The van der Waals surface area contributed by atoms with Crippen LogP contribution in [0.5, 0.6) is 0 Å². The average molecular weight is 116 g/mol. The summed E-state index contributed by atoms with van der Waals surface area (Å²) in [5.74, 6) is 0. The molecule has 0 fully saturated rings. The topological polar surface area (TPSA) is 52.0 Å². The van der Waals surface area contributed by atoms with Crippen LogP contribution in [0.15, 0.2) is 0 Å². The summed E-state index contributed by atoms with van der Waals surface area (Å²) in [5, 5.41) is 0. The minimum atomic E-state index is 0. The van der Waals surface area contributed by atoms with Gasteiger partial charge in [-0.25, -0.2) is 0 Å². The first-order chi connectivity index (χ1) is 1.91. The molecule has 0 spiro atoms. The molecule has 0 atom stereocenters. The third-order valence-electron chi connectivity index (χ3n) is 0.167. The van der Waals surface area contributed by atoms with Gasteiger partial charge in [-0.15, -0.1) is 0 Å². The largest absolute Gasteiger partial charge is 0.329 e. The third kappa shape index (κ3) is 12.8. The Bertz CT molecular complexity index is 9.61. The van der Waals surface area contributed by atoms with Gasteiger partial charge in [0.15, 0.2) is 0 Å². The summed E-state index contributed by atoms with van der Waals surface area (Å²) >= 11 is 0. The van der Waals surface area contributed by atoms with E-state index in [1.165, 1.54) is 0 Å². The van der Waals surface area contributed by atoms with E-state index in [1.54, 1.807) is 0 Å². The van der Waals surface area contributed by atoms with E-state index in [1.807, 2.05) is 0 Å². The second-order valence-corrected chi connectivity index (χ2v) is 0.577. The molecule has 0 saturated carbocycles. The molecular formula is C2H8FeN2. The molecule has 0 amide bonds. The molecule has 0 aromatic rings. The maximum absolute atomic E-state index is 4.90. The van der Waals surface area contributed by atoms with Crippen molar-refractivity contribution in [1.29, 1.82) is 0 Å². The molecule has 0 aliphatic heterocycles. The summed E-state index contributed by atoms with van der Waals surface area (Å²) in [6.45, 7) is 1.19. The van der Waals surface area contributed by atoms with Crippen molar-refractivity contribution < 1.29 is 17.1 Å². The standard InChI is InChI=1S/C2H8N2.Fe/c3-1-2-4;/h1-4H2;. The van der Waals surface area contributed by atoms with Crippen molar-refractivity contribution in [3.63, 3.8) is 0 Å². The van der Waals surface area contributed by atoms with E-state index in [9.17, 15) is 0 Å². The van der Waals surface area contributed by atoms with Gasteiger partial charge in [0.2, 0.25) is 0 Å². The van der Waals surface area contributed by atoms with Gasteiger partial charge in [0.1, 0.15) is 0 Å². The molecule has 34 valence electrons. The minimum absolute atomic E-state index is 0. The zero-order valence-corrected chi connectivity index (χ0v) is 4.03. The zero-order chi connectivity index (χ0) is 3.41. The molecule has 0 aliphatic rings. The summed E-state index contributed by atoms with van der Waals surface area (Å²) in [6.07, 6.45) is 0. The number of hydrogen-bond acceptors (Lipinski definition) is 2. The quantitative estimate of drug-likeness (QED) is 0.427. The van der Waals surface area contributed by atoms with Crippen molar-refractivity contribution in [3.05, 3.63) is 0 Å². The van der Waals surface area contributed by atoms with Crippen LogP contribution < -0.4 is 11.5 Å². The first kappa shape index (κ1) is 9.06. The van der Waals surface area contributed by atoms with Gasteiger partial charge in [-0.1, -0.05) is 0 Å². The predicted octanol–water partition coefficient (Wildman–Crippen LogP) is -1.10. The summed E-state index contributed by atoms with van der Waals surface area (Å²) < 4.78 is 0. The number of nitrogens with two attached hydrogens (primary N) is 2. The van der Waals surface area contributed by atoms with Crippen LogP contribution in [0.3, 0.4) is 0 Å². The van der Waals surface area contributed by atoms with Gasteiger partial charge in [0.05, 0.1) is 0 Å². The fraction of sp³-hybridized carbons (Fsp3) is 1.00. The Morgan fingerprint density at radius 2 is 1.20 bits per heavy atom. The molecule has 0 rings (SSSR count). The van der Waals surface area contributed by atoms with Crippen LogP contribution in [0.4, 0.5) is 0 Å². The van der Waals surface area contributed by atoms with Crippen molar-refractivity contribution in [2.75, 3.05) is 13.1 Å². The molecule has 0 bridgehead atoms. The molecule has 5 heavy (non-hydrogen) atoms. The van der Waals surface area contributed by atoms with Gasteiger partial charge in [0, 0.05) is 30.2 Å². The van der Waals surface area contributed by atoms with E-state index in [-0.39, 0.29) is 17.1 Å². The van der Waals surface area contributed by atoms with Crippen LogP contribution >= 0.6 is 0 Å². The Morgan fingerprint density at radius 3 is 1.20 bits per heavy atom. The van der Waals surface area contributed by atoms with Gasteiger partial charge in [-0.3, -0.25) is 0 Å². The smallest absolute Gasteiger partial charge is 0.00461 e. The Labute approximate surface area is 42.4 Å². The molecule has 3 heteroatoms. The summed E-state index contributed by atoms with van der Waals surface area (Å²) in [5.41, 5.74) is 9.81. The third-order valence-corrected chi connectivity index (χ3v) is 0.167. The molecule has 4 N–H and O–H groups in total. The fourth-order valence-electron chi connectivity index (χ4n) is 0. The van der Waals surface area contributed by atoms with Crippen molar-refractivity contribution in [2.45, 2.75) is 0 Å². The number of hydrogen-bond donors (Lipinski definition) is 2. The molecule has 2 nitrogen and oxygen atoms in total. The van der Waals surface area contributed by atoms with Gasteiger partial charge < -0.3 is 11.5 Å². The van der Waals surface area contributed by atoms with Crippen LogP contribution in [-0.4, -0.2) is 13.1 Å². The maximum Gasteiger partial charge on any atom is 0.00461 e. The van der Waals surface area contributed by atoms with E-state index in [2.05, 4.69) is 0 Å². The van der Waals surface area contributed by atoms with Crippen LogP contribution in [0.2, 0.25) is 0 Å². The van der Waals surface area contributed by atoms with E-state index in [0.29, 0.717) is 13.1 Å². The Hall–Kier alpha value is 0.439. The van der Waals surface area contributed by atoms with Crippen LogP contribution in [-0.2, 0) is 17.1 Å². The Kier molecular flexibility index (Phi) is 16.0. The molecule has 0 aromatic carbocycles. The molecule has 0 saturated heterocycles. The number of rotatable bonds is 1. The van der Waals surface area contributed by atoms with E-state index >= 15 is 0 Å². The monoisotopic (exact) mass is 116 g/mol. The summed E-state index contributed by atoms with van der Waals surface area (Å²) in [7, 11) is 0. The average Bonchev–Trinajstić information content (AvgIpc) is 1.37. The maximum atomic E-state index is 4.90. The predicted molar refractivity (Wildman–Crippen MR) is 18.1 cm³/mol. The van der Waals surface area contributed by atoms with Crippen LogP contribution in [0.1, 0.15) is 0 Å². The molecule has 0 unspecified atom stereocenters. The minimum Gasteiger partial charge on any atom is -0.329 e. The van der Waals surface area contributed by atoms with Crippen LogP contribution in [0.25, 0.3) is 0 Å². The van der Waals surface area contributed by atoms with Gasteiger partial charge in [0.25, 0.3) is 0 Å². The van der Waals surface area contributed by atoms with Crippen molar-refractivity contribution in [1.82, 2.24) is 0 Å². The molecular weight excluding hydrogens is 108 g/mol. The van der Waals surface area contributed by atoms with Crippen LogP contribution in [0, 0.1) is 0 Å². The first-order valence-corrected chi connectivity index (χ1v) is 1.32. The Balaban J connectivity index is 0.